The second-order valence-corrected chi connectivity index (χ2v) is 5.00. The van der Waals surface area contributed by atoms with Crippen LogP contribution in [0.1, 0.15) is 36.0 Å². The minimum atomic E-state index is 1.06. The minimum Gasteiger partial charge on any atom is -0.309 e. The summed E-state index contributed by atoms with van der Waals surface area (Å²) in [5, 5.41) is 3.45. The number of nitrogens with one attached hydrogen (secondary N) is 1. The van der Waals surface area contributed by atoms with E-state index in [9.17, 15) is 0 Å². The Hall–Kier alpha value is -0.860. The van der Waals surface area contributed by atoms with Crippen LogP contribution in [-0.2, 0) is 19.6 Å². The second-order valence-electron chi connectivity index (χ2n) is 5.00. The van der Waals surface area contributed by atoms with Gasteiger partial charge in [0.2, 0.25) is 0 Å². The van der Waals surface area contributed by atoms with E-state index in [4.69, 9.17) is 0 Å². The molecule has 2 aliphatic heterocycles. The predicted molar refractivity (Wildman–Crippen MR) is 66.1 cm³/mol. The van der Waals surface area contributed by atoms with Gasteiger partial charge in [-0.05, 0) is 42.6 Å². The molecule has 2 nitrogen and oxygen atoms in total. The van der Waals surface area contributed by atoms with Crippen LogP contribution in [-0.4, -0.2) is 18.0 Å². The zero-order valence-corrected chi connectivity index (χ0v) is 9.84. The Bertz CT molecular complexity index is 367. The SMILES string of the molecule is c1cc2c(c(CN3CCCCC3)c1)CNC2. The highest BCUT2D eigenvalue weighted by Crippen LogP contribution is 2.22. The van der Waals surface area contributed by atoms with E-state index in [0.29, 0.717) is 0 Å². The van der Waals surface area contributed by atoms with Crippen LogP contribution in [0.5, 0.6) is 0 Å². The van der Waals surface area contributed by atoms with E-state index < -0.39 is 0 Å². The third kappa shape index (κ3) is 2.00. The molecular weight excluding hydrogens is 196 g/mol. The summed E-state index contributed by atoms with van der Waals surface area (Å²) in [6, 6.07) is 6.78. The summed E-state index contributed by atoms with van der Waals surface area (Å²) in [7, 11) is 0. The summed E-state index contributed by atoms with van der Waals surface area (Å²) in [4.78, 5) is 2.61. The van der Waals surface area contributed by atoms with Crippen molar-refractivity contribution < 1.29 is 0 Å². The van der Waals surface area contributed by atoms with Crippen molar-refractivity contribution in [1.82, 2.24) is 10.2 Å². The van der Waals surface area contributed by atoms with Crippen molar-refractivity contribution in [1.29, 1.82) is 0 Å². The maximum atomic E-state index is 3.45. The van der Waals surface area contributed by atoms with Gasteiger partial charge in [-0.3, -0.25) is 4.90 Å². The average Bonchev–Trinajstić information content (AvgIpc) is 2.80. The number of likely N-dealkylation sites (tertiary alicyclic amines) is 1. The Kier molecular flexibility index (Phi) is 2.94. The summed E-state index contributed by atoms with van der Waals surface area (Å²) >= 11 is 0. The first-order chi connectivity index (χ1) is 7.93. The van der Waals surface area contributed by atoms with Gasteiger partial charge in [-0.25, -0.2) is 0 Å². The van der Waals surface area contributed by atoms with Gasteiger partial charge in [-0.2, -0.15) is 0 Å². The first-order valence-electron chi connectivity index (χ1n) is 6.46. The van der Waals surface area contributed by atoms with Crippen LogP contribution in [0.25, 0.3) is 0 Å². The fourth-order valence-corrected chi connectivity index (χ4v) is 2.91. The molecule has 0 aromatic heterocycles. The third-order valence-electron chi connectivity index (χ3n) is 3.83. The van der Waals surface area contributed by atoms with E-state index >= 15 is 0 Å². The fraction of sp³-hybridized carbons (Fsp3) is 0.571. The Morgan fingerprint density at radius 2 is 1.94 bits per heavy atom. The van der Waals surface area contributed by atoms with Gasteiger partial charge in [-0.15, -0.1) is 0 Å². The summed E-state index contributed by atoms with van der Waals surface area (Å²) in [5.41, 5.74) is 4.62. The smallest absolute Gasteiger partial charge is 0.0237 e. The fourth-order valence-electron chi connectivity index (χ4n) is 2.91. The van der Waals surface area contributed by atoms with Gasteiger partial charge in [0.1, 0.15) is 0 Å². The van der Waals surface area contributed by atoms with E-state index in [0.717, 1.165) is 19.6 Å². The molecule has 2 heterocycles. The molecule has 1 aromatic carbocycles. The first kappa shape index (κ1) is 10.3. The van der Waals surface area contributed by atoms with Gasteiger partial charge < -0.3 is 5.32 Å². The van der Waals surface area contributed by atoms with Crippen LogP contribution in [0.4, 0.5) is 0 Å². The Labute approximate surface area is 97.6 Å². The van der Waals surface area contributed by atoms with Crippen molar-refractivity contribution in [3.63, 3.8) is 0 Å². The van der Waals surface area contributed by atoms with Crippen molar-refractivity contribution >= 4 is 0 Å². The molecule has 0 amide bonds. The molecule has 2 aliphatic rings. The monoisotopic (exact) mass is 216 g/mol. The lowest BCUT2D eigenvalue weighted by atomic mass is 10.0. The third-order valence-corrected chi connectivity index (χ3v) is 3.83. The molecule has 0 saturated carbocycles. The van der Waals surface area contributed by atoms with Crippen LogP contribution >= 0.6 is 0 Å². The molecule has 86 valence electrons. The van der Waals surface area contributed by atoms with E-state index in [1.54, 1.807) is 11.1 Å². The molecule has 0 radical (unpaired) electrons. The quantitative estimate of drug-likeness (QED) is 0.816. The summed E-state index contributed by atoms with van der Waals surface area (Å²) in [6.45, 7) is 5.86. The number of nitrogens with zero attached hydrogens (tertiary/aromatic N) is 1. The zero-order chi connectivity index (χ0) is 10.8. The lowest BCUT2D eigenvalue weighted by molar-refractivity contribution is 0.220. The van der Waals surface area contributed by atoms with Crippen LogP contribution in [0.2, 0.25) is 0 Å². The molecule has 0 aliphatic carbocycles. The van der Waals surface area contributed by atoms with Crippen LogP contribution in [0, 0.1) is 0 Å². The number of benzene rings is 1. The molecule has 1 saturated heterocycles. The van der Waals surface area contributed by atoms with E-state index in [2.05, 4.69) is 28.4 Å². The van der Waals surface area contributed by atoms with Crippen LogP contribution in [0.3, 0.4) is 0 Å². The molecule has 1 aromatic rings. The maximum absolute atomic E-state index is 3.45. The largest absolute Gasteiger partial charge is 0.309 e. The van der Waals surface area contributed by atoms with Crippen molar-refractivity contribution in [3.8, 4) is 0 Å². The van der Waals surface area contributed by atoms with E-state index in [1.807, 2.05) is 0 Å². The highest BCUT2D eigenvalue weighted by Gasteiger charge is 2.16. The molecule has 0 atom stereocenters. The van der Waals surface area contributed by atoms with E-state index in [-0.39, 0.29) is 0 Å². The van der Waals surface area contributed by atoms with Crippen molar-refractivity contribution in [2.24, 2.45) is 0 Å². The molecule has 1 fully saturated rings. The molecule has 0 spiro atoms. The van der Waals surface area contributed by atoms with Gasteiger partial charge >= 0.3 is 0 Å². The highest BCUT2D eigenvalue weighted by atomic mass is 15.1. The summed E-state index contributed by atoms with van der Waals surface area (Å²) in [6.07, 6.45) is 4.19. The summed E-state index contributed by atoms with van der Waals surface area (Å²) < 4.78 is 0. The topological polar surface area (TPSA) is 15.3 Å². The number of piperidine rings is 1. The standard InChI is InChI=1S/C14H20N2/c1-2-7-16(8-3-1)11-13-6-4-5-12-9-15-10-14(12)13/h4-6,15H,1-3,7-11H2. The molecule has 0 unspecified atom stereocenters. The van der Waals surface area contributed by atoms with Gasteiger partial charge in [-0.1, -0.05) is 24.6 Å². The Balaban J connectivity index is 1.76. The average molecular weight is 216 g/mol. The molecule has 16 heavy (non-hydrogen) atoms. The highest BCUT2D eigenvalue weighted by molar-refractivity contribution is 5.37. The Morgan fingerprint density at radius 3 is 2.81 bits per heavy atom. The number of hydrogen-bond donors (Lipinski definition) is 1. The number of rotatable bonds is 2. The molecule has 3 rings (SSSR count). The minimum absolute atomic E-state index is 1.06. The normalized spacial score (nSPS) is 21.0. The molecule has 0 bridgehead atoms. The van der Waals surface area contributed by atoms with Crippen LogP contribution < -0.4 is 5.32 Å². The van der Waals surface area contributed by atoms with Crippen LogP contribution in [0.15, 0.2) is 18.2 Å². The number of fused-ring (bicyclic) bond motifs is 1. The van der Waals surface area contributed by atoms with Crippen molar-refractivity contribution in [2.45, 2.75) is 38.9 Å². The van der Waals surface area contributed by atoms with Gasteiger partial charge in [0.25, 0.3) is 0 Å². The lowest BCUT2D eigenvalue weighted by Crippen LogP contribution is -2.29. The second kappa shape index (κ2) is 4.56. The predicted octanol–water partition coefficient (Wildman–Crippen LogP) is 2.28. The van der Waals surface area contributed by atoms with Gasteiger partial charge in [0.15, 0.2) is 0 Å². The Morgan fingerprint density at radius 1 is 1.06 bits per heavy atom. The summed E-state index contributed by atoms with van der Waals surface area (Å²) in [5.74, 6) is 0. The van der Waals surface area contributed by atoms with Crippen molar-refractivity contribution in [3.05, 3.63) is 34.9 Å². The first-order valence-corrected chi connectivity index (χ1v) is 6.46. The van der Waals surface area contributed by atoms with Gasteiger partial charge in [0, 0.05) is 19.6 Å². The van der Waals surface area contributed by atoms with Gasteiger partial charge in [0.05, 0.1) is 0 Å². The molecule has 1 N–H and O–H groups in total. The molecular formula is C14H20N2. The number of hydrogen-bond acceptors (Lipinski definition) is 2. The van der Waals surface area contributed by atoms with E-state index in [1.165, 1.54) is 37.9 Å². The zero-order valence-electron chi connectivity index (χ0n) is 9.84. The maximum Gasteiger partial charge on any atom is 0.0237 e. The van der Waals surface area contributed by atoms with Crippen molar-refractivity contribution in [2.75, 3.05) is 13.1 Å². The lowest BCUT2D eigenvalue weighted by Gasteiger charge is -2.27. The molecule has 2 heteroatoms.